The van der Waals surface area contributed by atoms with Crippen LogP contribution in [0.3, 0.4) is 0 Å². The smallest absolute Gasteiger partial charge is 0.344 e. The second-order valence-corrected chi connectivity index (χ2v) is 8.98. The van der Waals surface area contributed by atoms with Crippen LogP contribution in [0.1, 0.15) is 43.4 Å². The average molecular weight is 465 g/mol. The Bertz CT molecular complexity index is 1110. The van der Waals surface area contributed by atoms with Crippen molar-refractivity contribution in [3.63, 3.8) is 0 Å². The van der Waals surface area contributed by atoms with Gasteiger partial charge in [0.25, 0.3) is 11.8 Å². The Morgan fingerprint density at radius 2 is 1.85 bits per heavy atom. The van der Waals surface area contributed by atoms with Gasteiger partial charge in [0.2, 0.25) is 0 Å². The normalized spacial score (nSPS) is 24.6. The maximum atomic E-state index is 13.0. The van der Waals surface area contributed by atoms with Crippen LogP contribution >= 0.6 is 0 Å². The summed E-state index contributed by atoms with van der Waals surface area (Å²) in [5, 5.41) is 3.48. The fraction of sp³-hybridized carbons (Fsp3) is 0.400. The van der Waals surface area contributed by atoms with Crippen molar-refractivity contribution in [2.24, 2.45) is 0 Å². The van der Waals surface area contributed by atoms with Crippen LogP contribution in [0.2, 0.25) is 0 Å². The first-order valence-corrected chi connectivity index (χ1v) is 11.6. The zero-order valence-corrected chi connectivity index (χ0v) is 19.1. The van der Waals surface area contributed by atoms with Gasteiger partial charge in [-0.2, -0.15) is 5.01 Å². The minimum atomic E-state index is -1.23. The first-order chi connectivity index (χ1) is 16.5. The lowest BCUT2D eigenvalue weighted by molar-refractivity contribution is -0.139. The Balaban J connectivity index is 1.26. The summed E-state index contributed by atoms with van der Waals surface area (Å²) in [6.07, 6.45) is 2.69. The largest absolute Gasteiger partial charge is 0.490 e. The molecule has 3 heterocycles. The molecule has 2 aromatic rings. The molecular weight excluding hydrogens is 436 g/mol. The second kappa shape index (κ2) is 8.98. The quantitative estimate of drug-likeness (QED) is 0.660. The van der Waals surface area contributed by atoms with Gasteiger partial charge in [-0.1, -0.05) is 36.4 Å². The van der Waals surface area contributed by atoms with Gasteiger partial charge in [-0.25, -0.2) is 4.79 Å². The van der Waals surface area contributed by atoms with Gasteiger partial charge in [0.15, 0.2) is 11.5 Å². The third-order valence-electron chi connectivity index (χ3n) is 6.65. The van der Waals surface area contributed by atoms with Gasteiger partial charge in [-0.05, 0) is 49.6 Å². The number of carbonyl (C=O) groups excluding carboxylic acids is 3. The summed E-state index contributed by atoms with van der Waals surface area (Å²) in [5.41, 5.74) is 2.99. The van der Waals surface area contributed by atoms with Crippen molar-refractivity contribution in [1.29, 1.82) is 0 Å². The number of nitrogens with one attached hydrogen (secondary N) is 2. The van der Waals surface area contributed by atoms with Crippen molar-refractivity contribution in [2.75, 3.05) is 26.3 Å². The number of nitrogens with zero attached hydrogens (tertiary/aromatic N) is 2. The van der Waals surface area contributed by atoms with E-state index in [-0.39, 0.29) is 12.6 Å². The molecule has 9 nitrogen and oxygen atoms in total. The number of carbonyl (C=O) groups is 3. The van der Waals surface area contributed by atoms with Gasteiger partial charge in [0, 0.05) is 12.5 Å². The van der Waals surface area contributed by atoms with Gasteiger partial charge >= 0.3 is 6.03 Å². The number of hydrogen-bond donors (Lipinski definition) is 2. The van der Waals surface area contributed by atoms with Crippen molar-refractivity contribution in [1.82, 2.24) is 20.7 Å². The minimum absolute atomic E-state index is 0.0422. The lowest BCUT2D eigenvalue weighted by Crippen LogP contribution is -2.50. The molecule has 5 rings (SSSR count). The molecule has 2 saturated heterocycles. The molecule has 0 unspecified atom stereocenters. The summed E-state index contributed by atoms with van der Waals surface area (Å²) in [6, 6.07) is 14.3. The van der Waals surface area contributed by atoms with Crippen molar-refractivity contribution in [2.45, 2.75) is 37.8 Å². The topological polar surface area (TPSA) is 100 Å². The number of rotatable bonds is 5. The number of hydrogen-bond acceptors (Lipinski definition) is 6. The Hall–Kier alpha value is -3.59. The number of urea groups is 1. The van der Waals surface area contributed by atoms with Crippen LogP contribution in [0.5, 0.6) is 11.5 Å². The minimum Gasteiger partial charge on any atom is -0.490 e. The van der Waals surface area contributed by atoms with Gasteiger partial charge < -0.3 is 14.8 Å². The van der Waals surface area contributed by atoms with Gasteiger partial charge in [-0.3, -0.25) is 19.9 Å². The highest BCUT2D eigenvalue weighted by Gasteiger charge is 2.50. The molecule has 0 aromatic heterocycles. The Morgan fingerprint density at radius 1 is 1.09 bits per heavy atom. The predicted octanol–water partition coefficient (Wildman–Crippen LogP) is 2.48. The van der Waals surface area contributed by atoms with Gasteiger partial charge in [-0.15, -0.1) is 0 Å². The summed E-state index contributed by atoms with van der Waals surface area (Å²) in [6.45, 7) is 3.69. The van der Waals surface area contributed by atoms with E-state index in [0.717, 1.165) is 47.9 Å². The van der Waals surface area contributed by atoms with Crippen molar-refractivity contribution >= 4 is 17.8 Å². The summed E-state index contributed by atoms with van der Waals surface area (Å²) in [4.78, 5) is 40.5. The van der Waals surface area contributed by atoms with Gasteiger partial charge in [0.1, 0.15) is 5.54 Å². The lowest BCUT2D eigenvalue weighted by Gasteiger charge is -2.26. The summed E-state index contributed by atoms with van der Waals surface area (Å²) in [7, 11) is 0. The molecule has 4 amide bonds. The number of benzene rings is 2. The molecule has 178 valence electrons. The highest BCUT2D eigenvalue weighted by molar-refractivity contribution is 6.08. The van der Waals surface area contributed by atoms with Crippen LogP contribution in [0.15, 0.2) is 48.5 Å². The van der Waals surface area contributed by atoms with E-state index in [1.54, 1.807) is 31.2 Å². The number of imide groups is 1. The van der Waals surface area contributed by atoms with Crippen LogP contribution in [-0.4, -0.2) is 54.1 Å². The Kier molecular flexibility index (Phi) is 5.87. The molecule has 3 aliphatic heterocycles. The number of likely N-dealkylation sites (tertiary alicyclic amines) is 1. The molecule has 0 spiro atoms. The molecule has 0 saturated carbocycles. The number of ether oxygens (including phenoxy) is 2. The number of amides is 4. The van der Waals surface area contributed by atoms with E-state index >= 15 is 0 Å². The molecule has 0 radical (unpaired) electrons. The maximum absolute atomic E-state index is 13.0. The van der Waals surface area contributed by atoms with E-state index in [1.807, 2.05) is 24.3 Å². The zero-order valence-electron chi connectivity index (χ0n) is 19.1. The summed E-state index contributed by atoms with van der Waals surface area (Å²) >= 11 is 0. The van der Waals surface area contributed by atoms with Crippen LogP contribution in [-0.2, 0) is 15.1 Å². The van der Waals surface area contributed by atoms with Crippen LogP contribution in [0.4, 0.5) is 4.79 Å². The summed E-state index contributed by atoms with van der Waals surface area (Å²) in [5.74, 6) is 0.536. The Labute approximate surface area is 198 Å². The predicted molar refractivity (Wildman–Crippen MR) is 123 cm³/mol. The van der Waals surface area contributed by atoms with Crippen molar-refractivity contribution in [3.8, 4) is 11.5 Å². The lowest BCUT2D eigenvalue weighted by atomic mass is 9.92. The highest BCUT2D eigenvalue weighted by atomic mass is 16.5. The van der Waals surface area contributed by atoms with E-state index in [2.05, 4.69) is 15.6 Å². The molecule has 3 aliphatic rings. The molecular formula is C25H28N4O5. The van der Waals surface area contributed by atoms with Crippen LogP contribution in [0.25, 0.3) is 0 Å². The molecule has 2 atom stereocenters. The Morgan fingerprint density at radius 3 is 2.65 bits per heavy atom. The second-order valence-electron chi connectivity index (χ2n) is 8.98. The molecule has 2 aromatic carbocycles. The number of fused-ring (bicyclic) bond motifs is 1. The fourth-order valence-corrected chi connectivity index (χ4v) is 4.83. The van der Waals surface area contributed by atoms with Crippen LogP contribution < -0.4 is 20.2 Å². The van der Waals surface area contributed by atoms with Gasteiger partial charge in [0.05, 0.1) is 19.8 Å². The van der Waals surface area contributed by atoms with Crippen LogP contribution in [0, 0.1) is 0 Å². The molecule has 0 aliphatic carbocycles. The van der Waals surface area contributed by atoms with E-state index < -0.39 is 23.4 Å². The van der Waals surface area contributed by atoms with E-state index in [1.165, 1.54) is 0 Å². The molecule has 9 heteroatoms. The van der Waals surface area contributed by atoms with Crippen molar-refractivity contribution < 1.29 is 23.9 Å². The molecule has 0 bridgehead atoms. The molecule has 2 fully saturated rings. The average Bonchev–Trinajstić information content (AvgIpc) is 3.27. The zero-order chi connectivity index (χ0) is 23.7. The van der Waals surface area contributed by atoms with E-state index in [0.29, 0.717) is 18.8 Å². The highest BCUT2D eigenvalue weighted by Crippen LogP contribution is 2.37. The van der Waals surface area contributed by atoms with Crippen molar-refractivity contribution in [3.05, 3.63) is 59.7 Å². The third kappa shape index (κ3) is 4.07. The van der Waals surface area contributed by atoms with E-state index in [4.69, 9.17) is 9.47 Å². The molecule has 2 N–H and O–H groups in total. The number of hydrazine groups is 1. The van der Waals surface area contributed by atoms with E-state index in [9.17, 15) is 14.4 Å². The first kappa shape index (κ1) is 22.2. The fourth-order valence-electron chi connectivity index (χ4n) is 4.83. The first-order valence-electron chi connectivity index (χ1n) is 11.6. The monoisotopic (exact) mass is 464 g/mol. The standard InChI is InChI=1S/C25H28N4O5/c1-25(18-7-3-2-4-8-18)23(31)29(24(32)26-25)27-22(30)16-28-12-5-9-19(28)17-10-11-20-21(15-17)34-14-6-13-33-20/h2-4,7-8,10-11,15,19H,5-6,9,12-14,16H2,1H3,(H,26,32)(H,27,30)/t19-,25+/m1/s1. The summed E-state index contributed by atoms with van der Waals surface area (Å²) < 4.78 is 11.5. The third-order valence-corrected chi connectivity index (χ3v) is 6.65. The maximum Gasteiger partial charge on any atom is 0.344 e. The molecule has 34 heavy (non-hydrogen) atoms. The SMILES string of the molecule is C[C@@]1(c2ccccc2)NC(=O)N(NC(=O)CN2CCC[C@@H]2c2ccc3c(c2)OCCCO3)C1=O.